The molecule has 0 aliphatic rings. The highest BCUT2D eigenvalue weighted by molar-refractivity contribution is 5.82. The molecule has 0 N–H and O–H groups in total. The summed E-state index contributed by atoms with van der Waals surface area (Å²) >= 11 is 0. The minimum atomic E-state index is -0.602. The molecule has 3 rings (SSSR count). The predicted molar refractivity (Wildman–Crippen MR) is 139 cm³/mol. The Balaban J connectivity index is 1.99. The third kappa shape index (κ3) is 5.86. The maximum Gasteiger partial charge on any atom is 0.283 e. The van der Waals surface area contributed by atoms with Crippen molar-refractivity contribution in [3.63, 3.8) is 0 Å². The lowest BCUT2D eigenvalue weighted by Crippen LogP contribution is -2.07. The molecule has 3 aromatic carbocycles. The molecule has 8 heteroatoms. The Labute approximate surface area is 198 Å². The number of anilines is 2. The molecule has 0 saturated heterocycles. The zero-order valence-corrected chi connectivity index (χ0v) is 19.5. The molecule has 174 valence electrons. The Bertz CT molecular complexity index is 1150. The molecule has 0 atom stereocenters. The molecule has 0 spiro atoms. The summed E-state index contributed by atoms with van der Waals surface area (Å²) in [6.45, 7) is 0. The van der Waals surface area contributed by atoms with E-state index in [0.717, 1.165) is 28.6 Å². The van der Waals surface area contributed by atoms with Crippen LogP contribution in [0.1, 0.15) is 22.3 Å². The van der Waals surface area contributed by atoms with Crippen LogP contribution in [0.4, 0.5) is 22.7 Å². The highest BCUT2D eigenvalue weighted by Gasteiger charge is 2.22. The van der Waals surface area contributed by atoms with Crippen LogP contribution < -0.4 is 9.80 Å². The maximum atomic E-state index is 11.6. The van der Waals surface area contributed by atoms with Crippen LogP contribution in [0.3, 0.4) is 0 Å². The van der Waals surface area contributed by atoms with E-state index in [4.69, 9.17) is 0 Å². The fraction of sp³-hybridized carbons (Fsp3) is 0.154. The van der Waals surface area contributed by atoms with E-state index in [1.165, 1.54) is 6.07 Å². The highest BCUT2D eigenvalue weighted by atomic mass is 16.6. The number of nitro benzene ring substituents is 2. The van der Waals surface area contributed by atoms with Gasteiger partial charge in [0.25, 0.3) is 11.4 Å². The number of hydrogen-bond donors (Lipinski definition) is 0. The first-order valence-corrected chi connectivity index (χ1v) is 10.5. The van der Waals surface area contributed by atoms with Crippen LogP contribution in [-0.2, 0) is 0 Å². The first kappa shape index (κ1) is 24.2. The zero-order chi connectivity index (χ0) is 24.8. The second-order valence-electron chi connectivity index (χ2n) is 8.12. The zero-order valence-electron chi connectivity index (χ0n) is 19.5. The fourth-order valence-corrected chi connectivity index (χ4v) is 3.33. The van der Waals surface area contributed by atoms with Gasteiger partial charge in [-0.3, -0.25) is 20.2 Å². The minimum Gasteiger partial charge on any atom is -0.378 e. The van der Waals surface area contributed by atoms with Gasteiger partial charge in [0.05, 0.1) is 27.0 Å². The maximum absolute atomic E-state index is 11.6. The second kappa shape index (κ2) is 10.4. The van der Waals surface area contributed by atoms with Gasteiger partial charge >= 0.3 is 0 Å². The standard InChI is InChI=1S/C26H26N4O4/c1-27(2)23-13-7-19(8-14-23)5-11-21-17-22(26(30(33)34)18-25(21)29(31)32)12-6-20-9-15-24(16-10-20)28(3)4/h5-18H,1-4H3/b11-5-,12-6-. The third-order valence-electron chi connectivity index (χ3n) is 5.30. The van der Waals surface area contributed by atoms with Gasteiger partial charge in [-0.15, -0.1) is 0 Å². The van der Waals surface area contributed by atoms with E-state index in [9.17, 15) is 20.2 Å². The van der Waals surface area contributed by atoms with E-state index < -0.39 is 9.85 Å². The highest BCUT2D eigenvalue weighted by Crippen LogP contribution is 2.32. The second-order valence-corrected chi connectivity index (χ2v) is 8.12. The summed E-state index contributed by atoms with van der Waals surface area (Å²) < 4.78 is 0. The number of rotatable bonds is 8. The van der Waals surface area contributed by atoms with Gasteiger partial charge in [0.2, 0.25) is 0 Å². The molecule has 0 aromatic heterocycles. The van der Waals surface area contributed by atoms with E-state index in [2.05, 4.69) is 0 Å². The summed E-state index contributed by atoms with van der Waals surface area (Å²) in [5.41, 5.74) is 3.71. The van der Waals surface area contributed by atoms with E-state index in [1.807, 2.05) is 86.5 Å². The molecule has 0 fully saturated rings. The van der Waals surface area contributed by atoms with Crippen LogP contribution in [0.25, 0.3) is 24.3 Å². The summed E-state index contributed by atoms with van der Waals surface area (Å²) in [5.74, 6) is 0. The first-order valence-electron chi connectivity index (χ1n) is 10.5. The normalized spacial score (nSPS) is 11.2. The van der Waals surface area contributed by atoms with Crippen molar-refractivity contribution in [3.8, 4) is 0 Å². The van der Waals surface area contributed by atoms with Gasteiger partial charge in [-0.1, -0.05) is 36.4 Å². The van der Waals surface area contributed by atoms with Crippen LogP contribution in [-0.4, -0.2) is 38.0 Å². The first-order chi connectivity index (χ1) is 16.2. The molecule has 0 bridgehead atoms. The van der Waals surface area contributed by atoms with Crippen LogP contribution in [0.2, 0.25) is 0 Å². The molecule has 0 aliphatic carbocycles. The predicted octanol–water partition coefficient (Wildman–Crippen LogP) is 5.98. The summed E-state index contributed by atoms with van der Waals surface area (Å²) in [7, 11) is 7.76. The van der Waals surface area contributed by atoms with Gasteiger partial charge in [0.15, 0.2) is 0 Å². The van der Waals surface area contributed by atoms with Crippen molar-refractivity contribution in [2.24, 2.45) is 0 Å². The number of nitrogens with zero attached hydrogens (tertiary/aromatic N) is 4. The van der Waals surface area contributed by atoms with Crippen molar-refractivity contribution in [3.05, 3.63) is 103 Å². The van der Waals surface area contributed by atoms with Crippen molar-refractivity contribution >= 4 is 47.1 Å². The summed E-state index contributed by atoms with van der Waals surface area (Å²) in [4.78, 5) is 26.0. The molecule has 0 unspecified atom stereocenters. The molecule has 8 nitrogen and oxygen atoms in total. The minimum absolute atomic E-state index is 0.287. The lowest BCUT2D eigenvalue weighted by Gasteiger charge is -2.11. The molecule has 0 radical (unpaired) electrons. The monoisotopic (exact) mass is 458 g/mol. The fourth-order valence-electron chi connectivity index (χ4n) is 3.33. The van der Waals surface area contributed by atoms with E-state index >= 15 is 0 Å². The Morgan fingerprint density at radius 1 is 0.588 bits per heavy atom. The van der Waals surface area contributed by atoms with Gasteiger partial charge in [-0.05, 0) is 53.6 Å². The van der Waals surface area contributed by atoms with E-state index in [1.54, 1.807) is 24.3 Å². The molecule has 34 heavy (non-hydrogen) atoms. The van der Waals surface area contributed by atoms with Crippen LogP contribution in [0, 0.1) is 20.2 Å². The van der Waals surface area contributed by atoms with Crippen molar-refractivity contribution < 1.29 is 9.85 Å². The van der Waals surface area contributed by atoms with Gasteiger partial charge in [-0.25, -0.2) is 0 Å². The lowest BCUT2D eigenvalue weighted by atomic mass is 10.0. The van der Waals surface area contributed by atoms with Crippen molar-refractivity contribution in [1.29, 1.82) is 0 Å². The van der Waals surface area contributed by atoms with E-state index in [-0.39, 0.29) is 22.5 Å². The van der Waals surface area contributed by atoms with E-state index in [0.29, 0.717) is 0 Å². The van der Waals surface area contributed by atoms with Crippen molar-refractivity contribution in [1.82, 2.24) is 0 Å². The SMILES string of the molecule is CN(C)c1ccc(/C=C\c2cc(/C=C\c3ccc(N(C)C)cc3)c([N+](=O)[O-])cc2[N+](=O)[O-])cc1. The Morgan fingerprint density at radius 2 is 0.941 bits per heavy atom. The third-order valence-corrected chi connectivity index (χ3v) is 5.30. The number of hydrogen-bond acceptors (Lipinski definition) is 6. The van der Waals surface area contributed by atoms with Crippen molar-refractivity contribution in [2.45, 2.75) is 0 Å². The average Bonchev–Trinajstić information content (AvgIpc) is 2.81. The number of nitro groups is 2. The molecular weight excluding hydrogens is 432 g/mol. The van der Waals surface area contributed by atoms with Crippen LogP contribution >= 0.6 is 0 Å². The van der Waals surface area contributed by atoms with Gasteiger partial charge in [-0.2, -0.15) is 0 Å². The molecular formula is C26H26N4O4. The quantitative estimate of drug-likeness (QED) is 0.234. The van der Waals surface area contributed by atoms with Crippen LogP contribution in [0.5, 0.6) is 0 Å². The molecule has 0 aliphatic heterocycles. The van der Waals surface area contributed by atoms with Gasteiger partial charge in [0, 0.05) is 39.6 Å². The van der Waals surface area contributed by atoms with Crippen LogP contribution in [0.15, 0.2) is 60.7 Å². The molecule has 0 amide bonds. The lowest BCUT2D eigenvalue weighted by molar-refractivity contribution is -0.394. The molecule has 0 saturated carbocycles. The van der Waals surface area contributed by atoms with Gasteiger partial charge in [0.1, 0.15) is 0 Å². The molecule has 0 heterocycles. The van der Waals surface area contributed by atoms with Crippen molar-refractivity contribution in [2.75, 3.05) is 38.0 Å². The Hall–Kier alpha value is -4.46. The largest absolute Gasteiger partial charge is 0.378 e. The summed E-state index contributed by atoms with van der Waals surface area (Å²) in [6, 6.07) is 17.9. The smallest absolute Gasteiger partial charge is 0.283 e. The Kier molecular flexibility index (Phi) is 7.43. The summed E-state index contributed by atoms with van der Waals surface area (Å²) in [5, 5.41) is 23.3. The Morgan fingerprint density at radius 3 is 1.24 bits per heavy atom. The van der Waals surface area contributed by atoms with Gasteiger partial charge < -0.3 is 9.80 Å². The number of benzene rings is 3. The topological polar surface area (TPSA) is 92.8 Å². The summed E-state index contributed by atoms with van der Waals surface area (Å²) in [6.07, 6.45) is 6.72. The average molecular weight is 459 g/mol. The molecule has 3 aromatic rings.